The molecule has 0 aromatic carbocycles. The predicted molar refractivity (Wildman–Crippen MR) is 58.5 cm³/mol. The van der Waals surface area contributed by atoms with Gasteiger partial charge in [-0.05, 0) is 5.92 Å². The maximum Gasteiger partial charge on any atom is 0.390 e. The molecule has 0 aliphatic carbocycles. The van der Waals surface area contributed by atoms with Crippen molar-refractivity contribution in [2.75, 3.05) is 6.61 Å². The topological polar surface area (TPSA) is 43.4 Å². The van der Waals surface area contributed by atoms with Gasteiger partial charge in [-0.2, -0.15) is 13.2 Å². The molecule has 100 valence electrons. The van der Waals surface area contributed by atoms with Crippen LogP contribution in [-0.4, -0.2) is 29.1 Å². The Kier molecular flexibility index (Phi) is 6.59. The molecular formula is C10H15F3O3S. The van der Waals surface area contributed by atoms with Crippen LogP contribution in [0.15, 0.2) is 0 Å². The minimum atomic E-state index is -4.50. The summed E-state index contributed by atoms with van der Waals surface area (Å²) < 4.78 is 41.2. The quantitative estimate of drug-likeness (QED) is 0.722. The Hall–Kier alpha value is -0.720. The van der Waals surface area contributed by atoms with E-state index in [1.54, 1.807) is 13.8 Å². The maximum atomic E-state index is 12.2. The standard InChI is InChI=1S/C10H15F3O3S/c1-6(2)5-16-9(15)8(17-7(3)14)4-10(11,12)13/h6,8H,4-5H2,1-3H3. The van der Waals surface area contributed by atoms with Gasteiger partial charge in [-0.1, -0.05) is 25.6 Å². The van der Waals surface area contributed by atoms with Crippen molar-refractivity contribution >= 4 is 22.8 Å². The van der Waals surface area contributed by atoms with Crippen LogP contribution in [0, 0.1) is 5.92 Å². The van der Waals surface area contributed by atoms with Gasteiger partial charge in [-0.25, -0.2) is 0 Å². The van der Waals surface area contributed by atoms with Gasteiger partial charge in [0.2, 0.25) is 0 Å². The second-order valence-electron chi connectivity index (χ2n) is 3.94. The molecule has 0 rings (SSSR count). The first-order valence-corrected chi connectivity index (χ1v) is 5.90. The molecule has 0 saturated carbocycles. The third-order valence-electron chi connectivity index (χ3n) is 1.55. The van der Waals surface area contributed by atoms with Crippen LogP contribution in [0.5, 0.6) is 0 Å². The number of hydrogen-bond acceptors (Lipinski definition) is 4. The summed E-state index contributed by atoms with van der Waals surface area (Å²) in [5, 5.41) is -2.05. The minimum absolute atomic E-state index is 0.0350. The number of rotatable bonds is 5. The van der Waals surface area contributed by atoms with Crippen molar-refractivity contribution in [1.29, 1.82) is 0 Å². The molecule has 0 aliphatic heterocycles. The first-order chi connectivity index (χ1) is 7.61. The third-order valence-corrected chi connectivity index (χ3v) is 2.52. The van der Waals surface area contributed by atoms with Crippen molar-refractivity contribution in [2.45, 2.75) is 38.6 Å². The van der Waals surface area contributed by atoms with E-state index in [1.165, 1.54) is 0 Å². The molecule has 0 heterocycles. The summed E-state index contributed by atoms with van der Waals surface area (Å²) in [6.07, 6.45) is -5.85. The molecule has 0 fully saturated rings. The predicted octanol–water partition coefficient (Wildman–Crippen LogP) is 2.79. The smallest absolute Gasteiger partial charge is 0.390 e. The fourth-order valence-electron chi connectivity index (χ4n) is 0.925. The molecule has 1 unspecified atom stereocenters. The summed E-state index contributed by atoms with van der Waals surface area (Å²) in [4.78, 5) is 22.1. The molecule has 0 spiro atoms. The zero-order valence-electron chi connectivity index (χ0n) is 9.84. The second-order valence-corrected chi connectivity index (χ2v) is 5.32. The lowest BCUT2D eigenvalue weighted by Crippen LogP contribution is -2.28. The van der Waals surface area contributed by atoms with Crippen LogP contribution in [-0.2, 0) is 14.3 Å². The average molecular weight is 272 g/mol. The molecule has 17 heavy (non-hydrogen) atoms. The Morgan fingerprint density at radius 3 is 2.18 bits per heavy atom. The maximum absolute atomic E-state index is 12.2. The normalized spacial score (nSPS) is 13.6. The number of alkyl halides is 3. The summed E-state index contributed by atoms with van der Waals surface area (Å²) in [7, 11) is 0. The highest BCUT2D eigenvalue weighted by atomic mass is 32.2. The molecule has 0 bridgehead atoms. The number of ether oxygens (including phenoxy) is 1. The minimum Gasteiger partial charge on any atom is -0.465 e. The molecule has 0 aliphatic rings. The molecule has 0 N–H and O–H groups in total. The lowest BCUT2D eigenvalue weighted by molar-refractivity contribution is -0.156. The highest BCUT2D eigenvalue weighted by Crippen LogP contribution is 2.29. The molecule has 3 nitrogen and oxygen atoms in total. The number of carbonyl (C=O) groups is 2. The van der Waals surface area contributed by atoms with Gasteiger partial charge in [0.05, 0.1) is 13.0 Å². The van der Waals surface area contributed by atoms with E-state index in [0.717, 1.165) is 6.92 Å². The number of halogens is 3. The van der Waals surface area contributed by atoms with Gasteiger partial charge in [0.15, 0.2) is 5.12 Å². The molecule has 1 atom stereocenters. The van der Waals surface area contributed by atoms with E-state index in [1.807, 2.05) is 0 Å². The molecule has 0 aromatic heterocycles. The Bertz CT molecular complexity index is 276. The molecule has 0 saturated heterocycles. The van der Waals surface area contributed by atoms with E-state index in [9.17, 15) is 22.8 Å². The average Bonchev–Trinajstić information content (AvgIpc) is 2.09. The molecule has 0 amide bonds. The Balaban J connectivity index is 4.45. The van der Waals surface area contributed by atoms with E-state index < -0.39 is 28.9 Å². The zero-order chi connectivity index (χ0) is 13.6. The number of hydrogen-bond donors (Lipinski definition) is 0. The van der Waals surface area contributed by atoms with Crippen LogP contribution in [0.1, 0.15) is 27.2 Å². The van der Waals surface area contributed by atoms with Gasteiger partial charge in [-0.3, -0.25) is 9.59 Å². The van der Waals surface area contributed by atoms with E-state index in [0.29, 0.717) is 11.8 Å². The first kappa shape index (κ1) is 16.3. The largest absolute Gasteiger partial charge is 0.465 e. The fourth-order valence-corrected chi connectivity index (χ4v) is 1.76. The first-order valence-electron chi connectivity index (χ1n) is 5.02. The highest BCUT2D eigenvalue weighted by Gasteiger charge is 2.37. The summed E-state index contributed by atoms with van der Waals surface area (Å²) in [6.45, 7) is 4.70. The molecular weight excluding hydrogens is 257 g/mol. The van der Waals surface area contributed by atoms with E-state index in [-0.39, 0.29) is 12.5 Å². The van der Waals surface area contributed by atoms with Crippen molar-refractivity contribution in [3.63, 3.8) is 0 Å². The van der Waals surface area contributed by atoms with Gasteiger partial charge in [0.1, 0.15) is 5.25 Å². The summed E-state index contributed by atoms with van der Waals surface area (Å²) in [6, 6.07) is 0. The fraction of sp³-hybridized carbons (Fsp3) is 0.800. The zero-order valence-corrected chi connectivity index (χ0v) is 10.7. The summed E-state index contributed by atoms with van der Waals surface area (Å²) in [5.74, 6) is -0.955. The third kappa shape index (κ3) is 9.02. The van der Waals surface area contributed by atoms with Crippen molar-refractivity contribution in [3.8, 4) is 0 Å². The van der Waals surface area contributed by atoms with Crippen LogP contribution in [0.4, 0.5) is 13.2 Å². The lowest BCUT2D eigenvalue weighted by atomic mass is 10.2. The lowest BCUT2D eigenvalue weighted by Gasteiger charge is -2.16. The van der Waals surface area contributed by atoms with Gasteiger partial charge in [0.25, 0.3) is 0 Å². The van der Waals surface area contributed by atoms with Crippen LogP contribution in [0.2, 0.25) is 0 Å². The summed E-state index contributed by atoms with van der Waals surface area (Å²) in [5.41, 5.74) is 0. The van der Waals surface area contributed by atoms with Gasteiger partial charge >= 0.3 is 12.1 Å². The molecule has 0 aromatic rings. The number of thioether (sulfide) groups is 1. The van der Waals surface area contributed by atoms with Crippen LogP contribution in [0.25, 0.3) is 0 Å². The van der Waals surface area contributed by atoms with E-state index in [4.69, 9.17) is 4.74 Å². The van der Waals surface area contributed by atoms with Crippen LogP contribution < -0.4 is 0 Å². The van der Waals surface area contributed by atoms with E-state index in [2.05, 4.69) is 0 Å². The Morgan fingerprint density at radius 1 is 1.29 bits per heavy atom. The Labute approximate surface area is 102 Å². The van der Waals surface area contributed by atoms with Crippen molar-refractivity contribution < 1.29 is 27.5 Å². The van der Waals surface area contributed by atoms with Gasteiger partial charge in [-0.15, -0.1) is 0 Å². The van der Waals surface area contributed by atoms with Crippen molar-refractivity contribution in [2.24, 2.45) is 5.92 Å². The molecule has 7 heteroatoms. The summed E-state index contributed by atoms with van der Waals surface area (Å²) >= 11 is 0.353. The van der Waals surface area contributed by atoms with Crippen molar-refractivity contribution in [3.05, 3.63) is 0 Å². The second kappa shape index (κ2) is 6.88. The number of esters is 1. The van der Waals surface area contributed by atoms with Crippen molar-refractivity contribution in [1.82, 2.24) is 0 Å². The van der Waals surface area contributed by atoms with E-state index >= 15 is 0 Å². The van der Waals surface area contributed by atoms with Gasteiger partial charge < -0.3 is 4.74 Å². The SMILES string of the molecule is CC(=O)SC(CC(F)(F)F)C(=O)OCC(C)C. The molecule has 0 radical (unpaired) electrons. The van der Waals surface area contributed by atoms with Gasteiger partial charge in [0, 0.05) is 6.92 Å². The van der Waals surface area contributed by atoms with Crippen LogP contribution >= 0.6 is 11.8 Å². The monoisotopic (exact) mass is 272 g/mol. The Morgan fingerprint density at radius 2 is 1.82 bits per heavy atom. The highest BCUT2D eigenvalue weighted by molar-refractivity contribution is 8.14. The number of carbonyl (C=O) groups excluding carboxylic acids is 2. The van der Waals surface area contributed by atoms with Crippen LogP contribution in [0.3, 0.4) is 0 Å².